The molecule has 0 unspecified atom stereocenters. The number of halogens is 1. The molecule has 1 N–H and O–H groups in total. The van der Waals surface area contributed by atoms with Gasteiger partial charge in [0.1, 0.15) is 0 Å². The van der Waals surface area contributed by atoms with E-state index in [4.69, 9.17) is 0 Å². The van der Waals surface area contributed by atoms with Crippen LogP contribution in [-0.2, 0) is 6.67 Å². The van der Waals surface area contributed by atoms with Gasteiger partial charge in [-0.1, -0.05) is 15.9 Å². The first-order valence-corrected chi connectivity index (χ1v) is 7.34. The first-order chi connectivity index (χ1) is 9.63. The Labute approximate surface area is 126 Å². The second-order valence-corrected chi connectivity index (χ2v) is 5.90. The van der Waals surface area contributed by atoms with Gasteiger partial charge in [-0.15, -0.1) is 0 Å². The van der Waals surface area contributed by atoms with Crippen molar-refractivity contribution in [2.75, 3.05) is 5.32 Å². The van der Waals surface area contributed by atoms with E-state index >= 15 is 0 Å². The molecule has 0 radical (unpaired) electrons. The van der Waals surface area contributed by atoms with Crippen molar-refractivity contribution in [2.45, 2.75) is 20.5 Å². The monoisotopic (exact) mass is 329 g/mol. The summed E-state index contributed by atoms with van der Waals surface area (Å²) >= 11 is 3.44. The second-order valence-electron chi connectivity index (χ2n) is 4.98. The van der Waals surface area contributed by atoms with E-state index in [0.29, 0.717) is 6.67 Å². The highest BCUT2D eigenvalue weighted by Crippen LogP contribution is 2.19. The van der Waals surface area contributed by atoms with Crippen LogP contribution in [0.1, 0.15) is 11.1 Å². The first kappa shape index (κ1) is 13.2. The Morgan fingerprint density at radius 1 is 1.10 bits per heavy atom. The standard InChI is InChI=1S/C16H16BrN3/c1-11-7-15-16(8-12(11)2)20(10-19-15)9-18-14-5-3-13(17)4-6-14/h3-8,10,18H,9H2,1-2H3. The average Bonchev–Trinajstić information content (AvgIpc) is 2.81. The summed E-state index contributed by atoms with van der Waals surface area (Å²) < 4.78 is 3.21. The number of imidazole rings is 1. The van der Waals surface area contributed by atoms with Gasteiger partial charge < -0.3 is 9.88 Å². The second kappa shape index (κ2) is 5.29. The molecule has 0 spiro atoms. The Hall–Kier alpha value is -1.81. The Balaban J connectivity index is 1.84. The van der Waals surface area contributed by atoms with Crippen molar-refractivity contribution in [3.63, 3.8) is 0 Å². The van der Waals surface area contributed by atoms with Gasteiger partial charge in [0.15, 0.2) is 0 Å². The summed E-state index contributed by atoms with van der Waals surface area (Å²) in [4.78, 5) is 4.46. The summed E-state index contributed by atoms with van der Waals surface area (Å²) in [5.74, 6) is 0. The zero-order chi connectivity index (χ0) is 14.1. The highest BCUT2D eigenvalue weighted by molar-refractivity contribution is 9.10. The van der Waals surface area contributed by atoms with Crippen molar-refractivity contribution in [1.29, 1.82) is 0 Å². The Bertz CT molecular complexity index is 744. The fraction of sp³-hybridized carbons (Fsp3) is 0.188. The maximum absolute atomic E-state index is 4.46. The SMILES string of the molecule is Cc1cc2ncn(CNc3ccc(Br)cc3)c2cc1C. The van der Waals surface area contributed by atoms with Crippen LogP contribution in [0, 0.1) is 13.8 Å². The lowest BCUT2D eigenvalue weighted by Gasteiger charge is -2.09. The number of fused-ring (bicyclic) bond motifs is 1. The molecule has 1 aromatic heterocycles. The first-order valence-electron chi connectivity index (χ1n) is 6.55. The van der Waals surface area contributed by atoms with Crippen LogP contribution in [0.4, 0.5) is 5.69 Å². The summed E-state index contributed by atoms with van der Waals surface area (Å²) in [6, 6.07) is 12.5. The van der Waals surface area contributed by atoms with Crippen LogP contribution in [-0.4, -0.2) is 9.55 Å². The van der Waals surface area contributed by atoms with E-state index in [1.54, 1.807) is 0 Å². The Morgan fingerprint density at radius 3 is 2.55 bits per heavy atom. The quantitative estimate of drug-likeness (QED) is 0.767. The Kier molecular flexibility index (Phi) is 3.49. The number of hydrogen-bond donors (Lipinski definition) is 1. The summed E-state index contributed by atoms with van der Waals surface area (Å²) in [7, 11) is 0. The molecule has 3 aromatic rings. The molecule has 0 atom stereocenters. The molecule has 2 aromatic carbocycles. The molecule has 0 aliphatic carbocycles. The third kappa shape index (κ3) is 2.56. The molecule has 0 aliphatic heterocycles. The largest absolute Gasteiger partial charge is 0.367 e. The molecule has 3 rings (SSSR count). The lowest BCUT2D eigenvalue weighted by molar-refractivity contribution is 0.800. The van der Waals surface area contributed by atoms with Crippen molar-refractivity contribution in [2.24, 2.45) is 0 Å². The molecule has 0 saturated carbocycles. The smallest absolute Gasteiger partial charge is 0.0973 e. The van der Waals surface area contributed by atoms with Gasteiger partial charge >= 0.3 is 0 Å². The molecule has 3 nitrogen and oxygen atoms in total. The number of nitrogens with one attached hydrogen (secondary N) is 1. The van der Waals surface area contributed by atoms with Crippen molar-refractivity contribution >= 4 is 32.7 Å². The minimum absolute atomic E-state index is 0.709. The summed E-state index contributed by atoms with van der Waals surface area (Å²) in [6.07, 6.45) is 1.88. The van der Waals surface area contributed by atoms with Crippen molar-refractivity contribution in [3.8, 4) is 0 Å². The van der Waals surface area contributed by atoms with Gasteiger partial charge in [0.25, 0.3) is 0 Å². The predicted molar refractivity (Wildman–Crippen MR) is 87.0 cm³/mol. The molecule has 4 heteroatoms. The van der Waals surface area contributed by atoms with Gasteiger partial charge in [0.2, 0.25) is 0 Å². The molecular weight excluding hydrogens is 314 g/mol. The third-order valence-corrected chi connectivity index (χ3v) is 4.06. The van der Waals surface area contributed by atoms with Crippen LogP contribution < -0.4 is 5.32 Å². The van der Waals surface area contributed by atoms with E-state index in [1.165, 1.54) is 11.1 Å². The van der Waals surface area contributed by atoms with Gasteiger partial charge in [-0.05, 0) is 61.4 Å². The van der Waals surface area contributed by atoms with Gasteiger partial charge in [-0.3, -0.25) is 0 Å². The topological polar surface area (TPSA) is 29.9 Å². The van der Waals surface area contributed by atoms with Crippen LogP contribution in [0.2, 0.25) is 0 Å². The van der Waals surface area contributed by atoms with Crippen molar-refractivity contribution in [1.82, 2.24) is 9.55 Å². The zero-order valence-electron chi connectivity index (χ0n) is 11.5. The molecule has 0 aliphatic rings. The molecule has 0 saturated heterocycles. The maximum atomic E-state index is 4.46. The minimum atomic E-state index is 0.709. The highest BCUT2D eigenvalue weighted by atomic mass is 79.9. The van der Waals surface area contributed by atoms with Crippen LogP contribution >= 0.6 is 15.9 Å². The zero-order valence-corrected chi connectivity index (χ0v) is 13.1. The average molecular weight is 330 g/mol. The van der Waals surface area contributed by atoms with Crippen molar-refractivity contribution < 1.29 is 0 Å². The summed E-state index contributed by atoms with van der Waals surface area (Å²) in [6.45, 7) is 4.96. The molecule has 20 heavy (non-hydrogen) atoms. The van der Waals surface area contributed by atoms with E-state index in [2.05, 4.69) is 68.9 Å². The lowest BCUT2D eigenvalue weighted by atomic mass is 10.1. The van der Waals surface area contributed by atoms with Crippen LogP contribution in [0.15, 0.2) is 47.2 Å². The van der Waals surface area contributed by atoms with E-state index in [0.717, 1.165) is 21.2 Å². The fourth-order valence-corrected chi connectivity index (χ4v) is 2.45. The van der Waals surface area contributed by atoms with E-state index in [1.807, 2.05) is 18.5 Å². The van der Waals surface area contributed by atoms with Crippen LogP contribution in [0.5, 0.6) is 0 Å². The van der Waals surface area contributed by atoms with E-state index < -0.39 is 0 Å². The molecular formula is C16H16BrN3. The van der Waals surface area contributed by atoms with Crippen LogP contribution in [0.3, 0.4) is 0 Å². The number of aryl methyl sites for hydroxylation is 2. The number of nitrogens with zero attached hydrogens (tertiary/aromatic N) is 2. The number of aromatic nitrogens is 2. The highest BCUT2D eigenvalue weighted by Gasteiger charge is 2.04. The van der Waals surface area contributed by atoms with Gasteiger partial charge in [-0.25, -0.2) is 4.98 Å². The lowest BCUT2D eigenvalue weighted by Crippen LogP contribution is -2.06. The molecule has 0 fully saturated rings. The fourth-order valence-electron chi connectivity index (χ4n) is 2.18. The normalized spacial score (nSPS) is 10.9. The third-order valence-electron chi connectivity index (χ3n) is 3.53. The summed E-state index contributed by atoms with van der Waals surface area (Å²) in [5.41, 5.74) is 5.88. The number of rotatable bonds is 3. The molecule has 0 amide bonds. The van der Waals surface area contributed by atoms with E-state index in [9.17, 15) is 0 Å². The Morgan fingerprint density at radius 2 is 1.80 bits per heavy atom. The minimum Gasteiger partial charge on any atom is -0.367 e. The number of benzene rings is 2. The van der Waals surface area contributed by atoms with Gasteiger partial charge in [0, 0.05) is 10.2 Å². The predicted octanol–water partition coefficient (Wildman–Crippen LogP) is 4.49. The van der Waals surface area contributed by atoms with Gasteiger partial charge in [-0.2, -0.15) is 0 Å². The summed E-state index contributed by atoms with van der Waals surface area (Å²) in [5, 5.41) is 3.40. The number of hydrogen-bond acceptors (Lipinski definition) is 2. The molecule has 1 heterocycles. The molecule has 0 bridgehead atoms. The molecule has 102 valence electrons. The van der Waals surface area contributed by atoms with E-state index in [-0.39, 0.29) is 0 Å². The maximum Gasteiger partial charge on any atom is 0.0973 e. The number of anilines is 1. The van der Waals surface area contributed by atoms with Crippen LogP contribution in [0.25, 0.3) is 11.0 Å². The van der Waals surface area contributed by atoms with Crippen molar-refractivity contribution in [3.05, 3.63) is 58.3 Å². The van der Waals surface area contributed by atoms with Gasteiger partial charge in [0.05, 0.1) is 24.0 Å².